The van der Waals surface area contributed by atoms with Gasteiger partial charge < -0.3 is 10.6 Å². The van der Waals surface area contributed by atoms with Crippen molar-refractivity contribution in [3.63, 3.8) is 0 Å². The minimum atomic E-state index is 0.180. The maximum Gasteiger partial charge on any atom is 0.220 e. The van der Waals surface area contributed by atoms with Crippen LogP contribution in [0, 0.1) is 11.8 Å². The van der Waals surface area contributed by atoms with Crippen molar-refractivity contribution in [3.8, 4) is 0 Å². The number of piperidine rings is 1. The first-order valence-electron chi connectivity index (χ1n) is 9.98. The van der Waals surface area contributed by atoms with E-state index in [1.54, 1.807) is 0 Å². The molecule has 25 heavy (non-hydrogen) atoms. The summed E-state index contributed by atoms with van der Waals surface area (Å²) in [5, 5.41) is 6.53. The highest BCUT2D eigenvalue weighted by molar-refractivity contribution is 5.76. The third-order valence-corrected chi connectivity index (χ3v) is 5.76. The van der Waals surface area contributed by atoms with Crippen LogP contribution >= 0.6 is 0 Å². The first kappa shape index (κ1) is 18.4. The van der Waals surface area contributed by atoms with Crippen molar-refractivity contribution in [2.24, 2.45) is 11.8 Å². The molecular formula is C21H33N3O. The summed E-state index contributed by atoms with van der Waals surface area (Å²) in [6, 6.07) is 8.71. The molecule has 0 spiro atoms. The molecule has 2 heterocycles. The Morgan fingerprint density at radius 2 is 1.92 bits per heavy atom. The zero-order valence-electron chi connectivity index (χ0n) is 15.6. The summed E-state index contributed by atoms with van der Waals surface area (Å²) in [4.78, 5) is 14.7. The number of hydrogen-bond donors (Lipinski definition) is 2. The first-order valence-corrected chi connectivity index (χ1v) is 9.98. The molecule has 0 saturated carbocycles. The fourth-order valence-electron chi connectivity index (χ4n) is 4.06. The Morgan fingerprint density at radius 1 is 1.20 bits per heavy atom. The van der Waals surface area contributed by atoms with Crippen LogP contribution in [0.1, 0.15) is 50.2 Å². The van der Waals surface area contributed by atoms with Crippen molar-refractivity contribution >= 4 is 5.91 Å². The van der Waals surface area contributed by atoms with Gasteiger partial charge in [-0.15, -0.1) is 0 Å². The maximum atomic E-state index is 12.2. The summed E-state index contributed by atoms with van der Waals surface area (Å²) in [5.41, 5.74) is 2.56. The van der Waals surface area contributed by atoms with Gasteiger partial charge in [0, 0.05) is 19.5 Å². The molecule has 2 fully saturated rings. The highest BCUT2D eigenvalue weighted by Gasteiger charge is 2.21. The number of nitrogens with one attached hydrogen (secondary N) is 2. The zero-order valence-corrected chi connectivity index (χ0v) is 15.6. The monoisotopic (exact) mass is 343 g/mol. The standard InChI is InChI=1S/C21H33N3O/c1-17(20-5-4-10-22-15-20)13-21(25)23-14-18-6-8-19(9-7-18)16-24-11-2-3-12-24/h6-9,17,20,22H,2-5,10-16H2,1H3,(H,23,25). The Balaban J connectivity index is 1.39. The van der Waals surface area contributed by atoms with Crippen LogP contribution in [0.4, 0.5) is 0 Å². The van der Waals surface area contributed by atoms with E-state index >= 15 is 0 Å². The third-order valence-electron chi connectivity index (χ3n) is 5.76. The van der Waals surface area contributed by atoms with Crippen molar-refractivity contribution in [1.82, 2.24) is 15.5 Å². The summed E-state index contributed by atoms with van der Waals surface area (Å²) in [7, 11) is 0. The molecule has 3 rings (SSSR count). The van der Waals surface area contributed by atoms with E-state index in [2.05, 4.69) is 46.7 Å². The summed E-state index contributed by atoms with van der Waals surface area (Å²) in [6.07, 6.45) is 5.79. The van der Waals surface area contributed by atoms with Gasteiger partial charge in [0.1, 0.15) is 0 Å². The van der Waals surface area contributed by atoms with Crippen LogP contribution in [0.3, 0.4) is 0 Å². The van der Waals surface area contributed by atoms with Crippen molar-refractivity contribution in [2.45, 2.75) is 52.1 Å². The number of benzene rings is 1. The molecular weight excluding hydrogens is 310 g/mol. The number of carbonyl (C=O) groups is 1. The molecule has 1 amide bonds. The van der Waals surface area contributed by atoms with Gasteiger partial charge in [-0.3, -0.25) is 9.69 Å². The van der Waals surface area contributed by atoms with Gasteiger partial charge in [0.15, 0.2) is 0 Å². The Hall–Kier alpha value is -1.39. The molecule has 4 heteroatoms. The normalized spacial score (nSPS) is 22.7. The second kappa shape index (κ2) is 9.35. The van der Waals surface area contributed by atoms with Gasteiger partial charge in [0.2, 0.25) is 5.91 Å². The smallest absolute Gasteiger partial charge is 0.220 e. The quantitative estimate of drug-likeness (QED) is 0.800. The van der Waals surface area contributed by atoms with E-state index in [1.165, 1.54) is 49.9 Å². The SMILES string of the molecule is CC(CC(=O)NCc1ccc(CN2CCCC2)cc1)C1CCCNC1. The maximum absolute atomic E-state index is 12.2. The van der Waals surface area contributed by atoms with Crippen LogP contribution in [-0.2, 0) is 17.9 Å². The fraction of sp³-hybridized carbons (Fsp3) is 0.667. The molecule has 2 saturated heterocycles. The number of hydrogen-bond acceptors (Lipinski definition) is 3. The van der Waals surface area contributed by atoms with E-state index in [-0.39, 0.29) is 5.91 Å². The fourth-order valence-corrected chi connectivity index (χ4v) is 4.06. The van der Waals surface area contributed by atoms with Crippen LogP contribution in [-0.4, -0.2) is 37.0 Å². The lowest BCUT2D eigenvalue weighted by atomic mass is 9.85. The van der Waals surface area contributed by atoms with E-state index in [0.29, 0.717) is 24.8 Å². The Labute approximate surface area is 152 Å². The van der Waals surface area contributed by atoms with Gasteiger partial charge >= 0.3 is 0 Å². The molecule has 2 N–H and O–H groups in total. The molecule has 138 valence electrons. The molecule has 1 aromatic rings. The van der Waals surface area contributed by atoms with E-state index in [0.717, 1.165) is 19.6 Å². The lowest BCUT2D eigenvalue weighted by Crippen LogP contribution is -2.35. The lowest BCUT2D eigenvalue weighted by molar-refractivity contribution is -0.122. The Morgan fingerprint density at radius 3 is 2.60 bits per heavy atom. The number of nitrogens with zero attached hydrogens (tertiary/aromatic N) is 1. The third kappa shape index (κ3) is 5.82. The molecule has 2 aliphatic heterocycles. The second-order valence-electron chi connectivity index (χ2n) is 7.86. The highest BCUT2D eigenvalue weighted by atomic mass is 16.1. The summed E-state index contributed by atoms with van der Waals surface area (Å²) in [5.74, 6) is 1.28. The number of carbonyl (C=O) groups excluding carboxylic acids is 1. The largest absolute Gasteiger partial charge is 0.352 e. The molecule has 0 radical (unpaired) electrons. The van der Waals surface area contributed by atoms with E-state index in [9.17, 15) is 4.79 Å². The van der Waals surface area contributed by atoms with Crippen molar-refractivity contribution in [1.29, 1.82) is 0 Å². The topological polar surface area (TPSA) is 44.4 Å². The average Bonchev–Trinajstić information content (AvgIpc) is 3.15. The minimum Gasteiger partial charge on any atom is -0.352 e. The van der Waals surface area contributed by atoms with E-state index in [4.69, 9.17) is 0 Å². The molecule has 2 unspecified atom stereocenters. The van der Waals surface area contributed by atoms with Gasteiger partial charge in [-0.05, 0) is 74.8 Å². The van der Waals surface area contributed by atoms with Crippen molar-refractivity contribution in [2.75, 3.05) is 26.2 Å². The summed E-state index contributed by atoms with van der Waals surface area (Å²) in [6.45, 7) is 8.55. The molecule has 4 nitrogen and oxygen atoms in total. The van der Waals surface area contributed by atoms with Crippen LogP contribution in [0.2, 0.25) is 0 Å². The van der Waals surface area contributed by atoms with Crippen molar-refractivity contribution < 1.29 is 4.79 Å². The van der Waals surface area contributed by atoms with Crippen LogP contribution < -0.4 is 10.6 Å². The molecule has 0 aromatic heterocycles. The summed E-state index contributed by atoms with van der Waals surface area (Å²) < 4.78 is 0. The Bertz CT molecular complexity index is 531. The molecule has 1 aromatic carbocycles. The number of likely N-dealkylation sites (tertiary alicyclic amines) is 1. The molecule has 0 bridgehead atoms. The Kier molecular flexibility index (Phi) is 6.88. The van der Waals surface area contributed by atoms with Gasteiger partial charge in [-0.25, -0.2) is 0 Å². The molecule has 0 aliphatic carbocycles. The minimum absolute atomic E-state index is 0.180. The van der Waals surface area contributed by atoms with Gasteiger partial charge in [0.05, 0.1) is 0 Å². The van der Waals surface area contributed by atoms with Crippen molar-refractivity contribution in [3.05, 3.63) is 35.4 Å². The predicted octanol–water partition coefficient (Wildman–Crippen LogP) is 2.92. The highest BCUT2D eigenvalue weighted by Crippen LogP contribution is 2.22. The molecule has 2 aliphatic rings. The average molecular weight is 344 g/mol. The number of amides is 1. The van der Waals surface area contributed by atoms with Gasteiger partial charge in [-0.2, -0.15) is 0 Å². The molecule has 2 atom stereocenters. The van der Waals surface area contributed by atoms with Crippen LogP contribution in [0.5, 0.6) is 0 Å². The van der Waals surface area contributed by atoms with Gasteiger partial charge in [0.25, 0.3) is 0 Å². The predicted molar refractivity (Wildman–Crippen MR) is 102 cm³/mol. The van der Waals surface area contributed by atoms with E-state index in [1.807, 2.05) is 0 Å². The van der Waals surface area contributed by atoms with Gasteiger partial charge in [-0.1, -0.05) is 31.2 Å². The first-order chi connectivity index (χ1) is 12.2. The van der Waals surface area contributed by atoms with E-state index < -0.39 is 0 Å². The second-order valence-corrected chi connectivity index (χ2v) is 7.86. The summed E-state index contributed by atoms with van der Waals surface area (Å²) >= 11 is 0. The van der Waals surface area contributed by atoms with Crippen LogP contribution in [0.15, 0.2) is 24.3 Å². The lowest BCUT2D eigenvalue weighted by Gasteiger charge is -2.28. The van der Waals surface area contributed by atoms with Crippen LogP contribution in [0.25, 0.3) is 0 Å². The zero-order chi connectivity index (χ0) is 17.5. The number of rotatable bonds is 7.